The molecule has 0 bridgehead atoms. The molecule has 0 saturated carbocycles. The minimum Gasteiger partial charge on any atom is -0.423 e. The third-order valence-corrected chi connectivity index (χ3v) is 6.60. The fourth-order valence-corrected chi connectivity index (χ4v) is 5.16. The van der Waals surface area contributed by atoms with Crippen LogP contribution in [0.2, 0.25) is 0 Å². The number of ether oxygens (including phenoxy) is 1. The number of nitriles is 1. The summed E-state index contributed by atoms with van der Waals surface area (Å²) in [6.07, 6.45) is 1.02. The van der Waals surface area contributed by atoms with Crippen LogP contribution < -0.4 is 4.74 Å². The highest BCUT2D eigenvalue weighted by atomic mass is 32.2. The second-order valence-electron chi connectivity index (χ2n) is 7.32. The lowest BCUT2D eigenvalue weighted by Gasteiger charge is -2.34. The van der Waals surface area contributed by atoms with Gasteiger partial charge in [0, 0.05) is 13.1 Å². The van der Waals surface area contributed by atoms with E-state index in [4.69, 9.17) is 10.00 Å². The van der Waals surface area contributed by atoms with Crippen LogP contribution in [0.25, 0.3) is 0 Å². The smallest absolute Gasteiger partial charge is 0.343 e. The van der Waals surface area contributed by atoms with Gasteiger partial charge in [0.15, 0.2) is 0 Å². The van der Waals surface area contributed by atoms with Crippen molar-refractivity contribution in [3.8, 4) is 11.8 Å². The molecular weight excluding hydrogens is 376 g/mol. The van der Waals surface area contributed by atoms with Crippen molar-refractivity contribution < 1.29 is 17.9 Å². The maximum atomic E-state index is 12.9. The molecule has 0 spiro atoms. The fraction of sp³-hybridized carbons (Fsp3) is 0.333. The van der Waals surface area contributed by atoms with Crippen LogP contribution in [0.15, 0.2) is 53.4 Å². The van der Waals surface area contributed by atoms with Crippen molar-refractivity contribution in [2.45, 2.75) is 25.2 Å². The molecule has 2 aromatic rings. The number of nitrogens with zero attached hydrogens (tertiary/aromatic N) is 2. The van der Waals surface area contributed by atoms with Gasteiger partial charge in [0.1, 0.15) is 5.75 Å². The van der Waals surface area contributed by atoms with Crippen molar-refractivity contribution in [1.82, 2.24) is 4.31 Å². The van der Waals surface area contributed by atoms with Crippen molar-refractivity contribution in [3.63, 3.8) is 0 Å². The highest BCUT2D eigenvalue weighted by Crippen LogP contribution is 2.27. The Kier molecular flexibility index (Phi) is 5.82. The third kappa shape index (κ3) is 4.41. The van der Waals surface area contributed by atoms with E-state index in [0.717, 1.165) is 6.42 Å². The summed E-state index contributed by atoms with van der Waals surface area (Å²) in [6.45, 7) is 5.13. The van der Waals surface area contributed by atoms with Gasteiger partial charge in [-0.1, -0.05) is 13.8 Å². The Morgan fingerprint density at radius 2 is 1.61 bits per heavy atom. The average Bonchev–Trinajstić information content (AvgIpc) is 2.68. The van der Waals surface area contributed by atoms with E-state index in [1.807, 2.05) is 6.07 Å². The number of piperidine rings is 1. The maximum Gasteiger partial charge on any atom is 0.343 e. The van der Waals surface area contributed by atoms with E-state index in [1.165, 1.54) is 40.7 Å². The molecule has 0 unspecified atom stereocenters. The predicted octanol–water partition coefficient (Wildman–Crippen LogP) is 3.44. The average molecular weight is 398 g/mol. The first-order valence-corrected chi connectivity index (χ1v) is 10.6. The monoisotopic (exact) mass is 398 g/mol. The zero-order valence-electron chi connectivity index (χ0n) is 15.8. The van der Waals surface area contributed by atoms with Gasteiger partial charge in [0.25, 0.3) is 0 Å². The van der Waals surface area contributed by atoms with Crippen LogP contribution in [0.4, 0.5) is 0 Å². The molecule has 6 nitrogen and oxygen atoms in total. The molecule has 2 atom stereocenters. The maximum absolute atomic E-state index is 12.9. The molecule has 0 aliphatic carbocycles. The molecule has 2 aromatic carbocycles. The zero-order valence-corrected chi connectivity index (χ0v) is 16.6. The molecule has 0 N–H and O–H groups in total. The number of rotatable bonds is 4. The number of hydrogen-bond acceptors (Lipinski definition) is 5. The number of hydrogen-bond donors (Lipinski definition) is 0. The highest BCUT2D eigenvalue weighted by Gasteiger charge is 2.31. The Morgan fingerprint density at radius 1 is 1.04 bits per heavy atom. The molecule has 3 rings (SSSR count). The molecule has 1 saturated heterocycles. The molecule has 1 heterocycles. The summed E-state index contributed by atoms with van der Waals surface area (Å²) in [5.74, 6) is 0.367. The molecule has 1 aliphatic rings. The lowest BCUT2D eigenvalue weighted by Crippen LogP contribution is -2.42. The van der Waals surface area contributed by atoms with Crippen LogP contribution >= 0.6 is 0 Å². The molecule has 146 valence electrons. The first kappa shape index (κ1) is 20.1. The Labute approximate surface area is 165 Å². The highest BCUT2D eigenvalue weighted by molar-refractivity contribution is 7.89. The number of benzene rings is 2. The molecule has 0 aromatic heterocycles. The number of esters is 1. The van der Waals surface area contributed by atoms with Gasteiger partial charge in [-0.15, -0.1) is 0 Å². The summed E-state index contributed by atoms with van der Waals surface area (Å²) in [4.78, 5) is 12.4. The van der Waals surface area contributed by atoms with E-state index in [1.54, 1.807) is 12.1 Å². The quantitative estimate of drug-likeness (QED) is 0.581. The lowest BCUT2D eigenvalue weighted by atomic mass is 9.94. The first-order chi connectivity index (χ1) is 13.3. The van der Waals surface area contributed by atoms with Crippen LogP contribution in [-0.2, 0) is 10.0 Å². The Balaban J connectivity index is 1.73. The van der Waals surface area contributed by atoms with E-state index >= 15 is 0 Å². The standard InChI is InChI=1S/C21H22N2O4S/c1-15-11-16(2)14-23(13-15)28(25,26)20-9-5-18(6-10-20)21(24)27-19-7-3-17(12-22)4-8-19/h3-10,15-16H,11,13-14H2,1-2H3/t15-,16-/m1/s1. The Bertz CT molecular complexity index is 982. The molecule has 7 heteroatoms. The summed E-state index contributed by atoms with van der Waals surface area (Å²) in [5.41, 5.74) is 0.722. The van der Waals surface area contributed by atoms with Crippen LogP contribution in [0.3, 0.4) is 0 Å². The second kappa shape index (κ2) is 8.13. The van der Waals surface area contributed by atoms with Gasteiger partial charge in [0.05, 0.1) is 22.1 Å². The number of carbonyl (C=O) groups is 1. The van der Waals surface area contributed by atoms with Crippen molar-refractivity contribution in [3.05, 3.63) is 59.7 Å². The molecule has 0 radical (unpaired) electrons. The molecule has 0 amide bonds. The van der Waals surface area contributed by atoms with Gasteiger partial charge in [-0.05, 0) is 66.8 Å². The summed E-state index contributed by atoms with van der Waals surface area (Å²) < 4.78 is 32.6. The van der Waals surface area contributed by atoms with Gasteiger partial charge >= 0.3 is 5.97 Å². The number of sulfonamides is 1. The molecule has 1 aliphatic heterocycles. The Morgan fingerprint density at radius 3 is 2.14 bits per heavy atom. The predicted molar refractivity (Wildman–Crippen MR) is 104 cm³/mol. The van der Waals surface area contributed by atoms with E-state index < -0.39 is 16.0 Å². The topological polar surface area (TPSA) is 87.5 Å². The van der Waals surface area contributed by atoms with E-state index in [9.17, 15) is 13.2 Å². The van der Waals surface area contributed by atoms with Gasteiger partial charge in [-0.2, -0.15) is 9.57 Å². The van der Waals surface area contributed by atoms with E-state index in [0.29, 0.717) is 36.2 Å². The van der Waals surface area contributed by atoms with Crippen LogP contribution in [-0.4, -0.2) is 31.8 Å². The van der Waals surface area contributed by atoms with Crippen molar-refractivity contribution >= 4 is 16.0 Å². The van der Waals surface area contributed by atoms with E-state index in [-0.39, 0.29) is 10.5 Å². The summed E-state index contributed by atoms with van der Waals surface area (Å²) in [7, 11) is -3.59. The normalized spacial score (nSPS) is 20.3. The minimum absolute atomic E-state index is 0.170. The van der Waals surface area contributed by atoms with Crippen molar-refractivity contribution in [2.75, 3.05) is 13.1 Å². The van der Waals surface area contributed by atoms with E-state index in [2.05, 4.69) is 13.8 Å². The molecule has 28 heavy (non-hydrogen) atoms. The number of carbonyl (C=O) groups excluding carboxylic acids is 1. The fourth-order valence-electron chi connectivity index (χ4n) is 3.48. The largest absolute Gasteiger partial charge is 0.423 e. The van der Waals surface area contributed by atoms with Gasteiger partial charge in [0.2, 0.25) is 10.0 Å². The van der Waals surface area contributed by atoms with Gasteiger partial charge in [-0.3, -0.25) is 0 Å². The SMILES string of the molecule is C[C@@H]1C[C@@H](C)CN(S(=O)(=O)c2ccc(C(=O)Oc3ccc(C#N)cc3)cc2)C1. The van der Waals surface area contributed by atoms with Crippen LogP contribution in [0, 0.1) is 23.2 Å². The van der Waals surface area contributed by atoms with Crippen LogP contribution in [0.5, 0.6) is 5.75 Å². The zero-order chi connectivity index (χ0) is 20.3. The minimum atomic E-state index is -3.59. The Hall–Kier alpha value is -2.69. The molecular formula is C21H22N2O4S. The lowest BCUT2D eigenvalue weighted by molar-refractivity contribution is 0.0734. The van der Waals surface area contributed by atoms with Crippen molar-refractivity contribution in [2.24, 2.45) is 11.8 Å². The third-order valence-electron chi connectivity index (χ3n) is 4.76. The van der Waals surface area contributed by atoms with Crippen LogP contribution in [0.1, 0.15) is 36.2 Å². The summed E-state index contributed by atoms with van der Waals surface area (Å²) in [5, 5.41) is 8.79. The second-order valence-corrected chi connectivity index (χ2v) is 9.26. The summed E-state index contributed by atoms with van der Waals surface area (Å²) in [6, 6.07) is 14.0. The summed E-state index contributed by atoms with van der Waals surface area (Å²) >= 11 is 0. The first-order valence-electron chi connectivity index (χ1n) is 9.12. The van der Waals surface area contributed by atoms with Crippen molar-refractivity contribution in [1.29, 1.82) is 5.26 Å². The molecule has 1 fully saturated rings. The van der Waals surface area contributed by atoms with Gasteiger partial charge < -0.3 is 4.74 Å². The van der Waals surface area contributed by atoms with Gasteiger partial charge in [-0.25, -0.2) is 13.2 Å².